The van der Waals surface area contributed by atoms with Crippen molar-refractivity contribution in [2.75, 3.05) is 38.0 Å². The maximum atomic E-state index is 13.6. The molecule has 158 valence electrons. The van der Waals surface area contributed by atoms with E-state index in [1.54, 1.807) is 37.4 Å². The lowest BCUT2D eigenvalue weighted by Crippen LogP contribution is -2.50. The van der Waals surface area contributed by atoms with Crippen LogP contribution < -0.4 is 5.32 Å². The Labute approximate surface area is 173 Å². The molecule has 0 aliphatic carbocycles. The molecule has 2 N–H and O–H groups in total. The number of sulfonamides is 1. The van der Waals surface area contributed by atoms with Crippen LogP contribution in [0.2, 0.25) is 0 Å². The van der Waals surface area contributed by atoms with Crippen LogP contribution in [0.15, 0.2) is 47.6 Å². The summed E-state index contributed by atoms with van der Waals surface area (Å²) in [6, 6.07) is 7.96. The van der Waals surface area contributed by atoms with Gasteiger partial charge in [-0.15, -0.1) is 0 Å². The molecule has 0 radical (unpaired) electrons. The van der Waals surface area contributed by atoms with Crippen LogP contribution in [0.4, 0.5) is 10.1 Å². The highest BCUT2D eigenvalue weighted by Crippen LogP contribution is 2.25. The molecule has 3 aromatic rings. The topological polar surface area (TPSA) is 98.4 Å². The molecular formula is C20H22FN5O3S. The predicted molar refractivity (Wildman–Crippen MR) is 111 cm³/mol. The molecule has 0 saturated carbocycles. The third-order valence-corrected chi connectivity index (χ3v) is 7.12. The van der Waals surface area contributed by atoms with Gasteiger partial charge in [0.05, 0.1) is 6.54 Å². The maximum Gasteiger partial charge on any atom is 0.245 e. The van der Waals surface area contributed by atoms with Crippen molar-refractivity contribution in [3.63, 3.8) is 0 Å². The third-order valence-electron chi connectivity index (χ3n) is 5.19. The van der Waals surface area contributed by atoms with E-state index in [0.717, 1.165) is 0 Å². The second kappa shape index (κ2) is 8.13. The Balaban J connectivity index is 1.36. The molecule has 0 unspecified atom stereocenters. The second-order valence-electron chi connectivity index (χ2n) is 7.24. The van der Waals surface area contributed by atoms with Crippen molar-refractivity contribution in [1.82, 2.24) is 19.2 Å². The molecule has 0 spiro atoms. The lowest BCUT2D eigenvalue weighted by Gasteiger charge is -2.33. The Morgan fingerprint density at radius 3 is 2.73 bits per heavy atom. The Morgan fingerprint density at radius 1 is 1.23 bits per heavy atom. The molecule has 0 atom stereocenters. The number of rotatable bonds is 5. The Hall–Kier alpha value is -2.82. The van der Waals surface area contributed by atoms with Gasteiger partial charge in [0.2, 0.25) is 15.9 Å². The highest BCUT2D eigenvalue weighted by Gasteiger charge is 2.31. The van der Waals surface area contributed by atoms with Gasteiger partial charge < -0.3 is 10.3 Å². The lowest BCUT2D eigenvalue weighted by molar-refractivity contribution is -0.117. The number of benzene rings is 1. The van der Waals surface area contributed by atoms with Crippen LogP contribution in [-0.2, 0) is 14.8 Å². The molecule has 1 fully saturated rings. The molecule has 10 heteroatoms. The summed E-state index contributed by atoms with van der Waals surface area (Å²) < 4.78 is 41.1. The molecule has 2 aromatic heterocycles. The number of nitrogens with zero attached hydrogens (tertiary/aromatic N) is 3. The second-order valence-corrected chi connectivity index (χ2v) is 9.15. The molecule has 1 saturated heterocycles. The Kier molecular flexibility index (Phi) is 5.54. The van der Waals surface area contributed by atoms with Crippen molar-refractivity contribution in [3.05, 3.63) is 54.1 Å². The number of nitrogens with one attached hydrogen (secondary N) is 2. The fraction of sp³-hybridized carbons (Fsp3) is 0.300. The van der Waals surface area contributed by atoms with E-state index in [2.05, 4.69) is 15.3 Å². The summed E-state index contributed by atoms with van der Waals surface area (Å²) in [7, 11) is -3.66. The van der Waals surface area contributed by atoms with Gasteiger partial charge in [-0.2, -0.15) is 4.31 Å². The number of aromatic nitrogens is 2. The molecular weight excluding hydrogens is 409 g/mol. The van der Waals surface area contributed by atoms with E-state index in [9.17, 15) is 17.6 Å². The Morgan fingerprint density at radius 2 is 2.00 bits per heavy atom. The molecule has 3 heterocycles. The fourth-order valence-electron chi connectivity index (χ4n) is 3.49. The van der Waals surface area contributed by atoms with Crippen molar-refractivity contribution in [1.29, 1.82) is 0 Å². The van der Waals surface area contributed by atoms with Crippen molar-refractivity contribution in [3.8, 4) is 0 Å². The first-order valence-corrected chi connectivity index (χ1v) is 11.0. The average molecular weight is 431 g/mol. The summed E-state index contributed by atoms with van der Waals surface area (Å²) in [4.78, 5) is 21.4. The number of anilines is 1. The number of hydrogen-bond donors (Lipinski definition) is 2. The van der Waals surface area contributed by atoms with Crippen molar-refractivity contribution in [2.45, 2.75) is 11.8 Å². The van der Waals surface area contributed by atoms with E-state index in [4.69, 9.17) is 0 Å². The van der Waals surface area contributed by atoms with Gasteiger partial charge in [0.15, 0.2) is 0 Å². The number of aryl methyl sites for hydroxylation is 1. The summed E-state index contributed by atoms with van der Waals surface area (Å²) in [5, 5.41) is 3.24. The lowest BCUT2D eigenvalue weighted by atomic mass is 10.2. The van der Waals surface area contributed by atoms with Gasteiger partial charge in [-0.25, -0.2) is 17.8 Å². The monoisotopic (exact) mass is 431 g/mol. The number of pyridine rings is 1. The van der Waals surface area contributed by atoms with Gasteiger partial charge in [-0.05, 0) is 36.8 Å². The zero-order valence-electron chi connectivity index (χ0n) is 16.4. The van der Waals surface area contributed by atoms with E-state index >= 15 is 0 Å². The summed E-state index contributed by atoms with van der Waals surface area (Å²) in [6.07, 6.45) is 3.07. The van der Waals surface area contributed by atoms with Gasteiger partial charge in [-0.3, -0.25) is 9.69 Å². The summed E-state index contributed by atoms with van der Waals surface area (Å²) >= 11 is 0. The minimum Gasteiger partial charge on any atom is -0.345 e. The molecule has 8 nitrogen and oxygen atoms in total. The third kappa shape index (κ3) is 4.07. The van der Waals surface area contributed by atoms with Crippen LogP contribution in [0, 0.1) is 12.7 Å². The molecule has 30 heavy (non-hydrogen) atoms. The summed E-state index contributed by atoms with van der Waals surface area (Å²) in [5.41, 5.74) is 1.44. The van der Waals surface area contributed by atoms with Crippen LogP contribution in [0.25, 0.3) is 11.0 Å². The van der Waals surface area contributed by atoms with Crippen LogP contribution in [-0.4, -0.2) is 66.2 Å². The van der Waals surface area contributed by atoms with Gasteiger partial charge in [0.1, 0.15) is 16.4 Å². The highest BCUT2D eigenvalue weighted by molar-refractivity contribution is 7.89. The number of hydrogen-bond acceptors (Lipinski definition) is 5. The number of aromatic amines is 1. The molecule has 1 aromatic carbocycles. The smallest absolute Gasteiger partial charge is 0.245 e. The van der Waals surface area contributed by atoms with Crippen molar-refractivity contribution < 1.29 is 17.6 Å². The first kappa shape index (κ1) is 20.5. The largest absolute Gasteiger partial charge is 0.345 e. The quantitative estimate of drug-likeness (QED) is 0.644. The number of halogens is 1. The Bertz CT molecular complexity index is 1190. The van der Waals surface area contributed by atoms with Gasteiger partial charge in [0, 0.05) is 49.6 Å². The standard InChI is InChI=1S/C20H22FN5O3S/c1-14-4-5-15(11-17(14)21)24-19(27)13-25-7-9-26(10-8-25)30(28,29)18-12-23-20-16(18)3-2-6-22-20/h2-6,11-12H,7-10,13H2,1H3,(H,22,23)(H,24,27). The zero-order chi connectivity index (χ0) is 21.3. The van der Waals surface area contributed by atoms with Crippen molar-refractivity contribution >= 4 is 32.7 Å². The maximum absolute atomic E-state index is 13.6. The van der Waals surface area contributed by atoms with Crippen LogP contribution in [0.5, 0.6) is 0 Å². The number of H-pyrrole nitrogens is 1. The minimum absolute atomic E-state index is 0.111. The van der Waals surface area contributed by atoms with E-state index in [0.29, 0.717) is 35.4 Å². The number of carbonyl (C=O) groups is 1. The SMILES string of the molecule is Cc1ccc(NC(=O)CN2CCN(S(=O)(=O)c3c[nH]c4ncccc34)CC2)cc1F. The van der Waals surface area contributed by atoms with E-state index < -0.39 is 10.0 Å². The summed E-state index contributed by atoms with van der Waals surface area (Å²) in [5.74, 6) is -0.642. The zero-order valence-corrected chi connectivity index (χ0v) is 17.2. The van der Waals surface area contributed by atoms with Crippen LogP contribution in [0.3, 0.4) is 0 Å². The first-order chi connectivity index (χ1) is 14.3. The normalized spacial score (nSPS) is 16.1. The molecule has 1 aliphatic rings. The number of piperazine rings is 1. The van der Waals surface area contributed by atoms with Crippen molar-refractivity contribution in [2.24, 2.45) is 0 Å². The first-order valence-electron chi connectivity index (χ1n) is 9.55. The predicted octanol–water partition coefficient (Wildman–Crippen LogP) is 1.96. The number of fused-ring (bicyclic) bond motifs is 1. The van der Waals surface area contributed by atoms with E-state index in [1.807, 2.05) is 4.90 Å². The molecule has 0 bridgehead atoms. The summed E-state index contributed by atoms with van der Waals surface area (Å²) in [6.45, 7) is 3.18. The van der Waals surface area contributed by atoms with E-state index in [-0.39, 0.29) is 36.3 Å². The van der Waals surface area contributed by atoms with Gasteiger partial charge in [0.25, 0.3) is 0 Å². The number of amides is 1. The average Bonchev–Trinajstić information content (AvgIpc) is 3.16. The molecule has 1 amide bonds. The van der Waals surface area contributed by atoms with Crippen LogP contribution >= 0.6 is 0 Å². The molecule has 4 rings (SSSR count). The van der Waals surface area contributed by atoms with Gasteiger partial charge >= 0.3 is 0 Å². The van der Waals surface area contributed by atoms with E-state index in [1.165, 1.54) is 16.6 Å². The van der Waals surface area contributed by atoms with Gasteiger partial charge in [-0.1, -0.05) is 6.07 Å². The number of carbonyl (C=O) groups excluding carboxylic acids is 1. The fourth-order valence-corrected chi connectivity index (χ4v) is 5.06. The van der Waals surface area contributed by atoms with Crippen LogP contribution in [0.1, 0.15) is 5.56 Å². The highest BCUT2D eigenvalue weighted by atomic mass is 32.2. The minimum atomic E-state index is -3.66. The molecule has 1 aliphatic heterocycles.